The number of rotatable bonds is 7. The van der Waals surface area contributed by atoms with Gasteiger partial charge in [0.15, 0.2) is 0 Å². The molecule has 0 bridgehead atoms. The molecule has 0 unspecified atom stereocenters. The van der Waals surface area contributed by atoms with E-state index in [0.29, 0.717) is 6.61 Å². The van der Waals surface area contributed by atoms with Crippen LogP contribution in [0.1, 0.15) is 25.5 Å². The molecule has 6 heteroatoms. The maximum atomic E-state index is 11.8. The average molecular weight is 383 g/mol. The highest BCUT2D eigenvalue weighted by Gasteiger charge is 2.28. The molecule has 1 saturated heterocycles. The summed E-state index contributed by atoms with van der Waals surface area (Å²) in [5.74, 6) is 1.75. The molecule has 1 atom stereocenters. The van der Waals surface area contributed by atoms with Crippen molar-refractivity contribution in [3.8, 4) is 11.5 Å². The number of amides is 2. The van der Waals surface area contributed by atoms with Crippen LogP contribution in [0.2, 0.25) is 0 Å². The van der Waals surface area contributed by atoms with Gasteiger partial charge in [-0.3, -0.25) is 0 Å². The van der Waals surface area contributed by atoms with E-state index in [4.69, 9.17) is 9.47 Å². The first-order chi connectivity index (χ1) is 13.5. The number of hydrogen-bond donors (Lipinski definition) is 1. The summed E-state index contributed by atoms with van der Waals surface area (Å²) in [7, 11) is 3.46. The second kappa shape index (κ2) is 8.87. The monoisotopic (exact) mass is 383 g/mol. The van der Waals surface area contributed by atoms with Crippen molar-refractivity contribution in [1.82, 2.24) is 10.2 Å². The molecule has 1 aliphatic heterocycles. The molecule has 0 aliphatic carbocycles. The first-order valence-corrected chi connectivity index (χ1v) is 9.68. The molecule has 0 saturated carbocycles. The quantitative estimate of drug-likeness (QED) is 0.792. The third kappa shape index (κ3) is 4.88. The Morgan fingerprint density at radius 3 is 2.29 bits per heavy atom. The second-order valence-electron chi connectivity index (χ2n) is 7.21. The zero-order valence-electron chi connectivity index (χ0n) is 17.0. The van der Waals surface area contributed by atoms with Gasteiger partial charge < -0.3 is 24.6 Å². The smallest absolute Gasteiger partial charge is 0.317 e. The molecule has 0 radical (unpaired) electrons. The summed E-state index contributed by atoms with van der Waals surface area (Å²) in [5, 5.41) is 2.94. The van der Waals surface area contributed by atoms with E-state index in [-0.39, 0.29) is 18.2 Å². The molecule has 1 fully saturated rings. The summed E-state index contributed by atoms with van der Waals surface area (Å²) in [6.45, 7) is 6.37. The van der Waals surface area contributed by atoms with Gasteiger partial charge in [-0.1, -0.05) is 12.1 Å². The van der Waals surface area contributed by atoms with E-state index in [1.165, 1.54) is 10.6 Å². The molecule has 1 aliphatic rings. The van der Waals surface area contributed by atoms with Gasteiger partial charge in [-0.15, -0.1) is 0 Å². The van der Waals surface area contributed by atoms with E-state index in [0.717, 1.165) is 30.2 Å². The molecule has 28 heavy (non-hydrogen) atoms. The lowest BCUT2D eigenvalue weighted by molar-refractivity contribution is 0.167. The molecule has 6 nitrogen and oxygen atoms in total. The molecular formula is C22H29N3O3. The fraction of sp³-hybridized carbons (Fsp3) is 0.409. The van der Waals surface area contributed by atoms with Crippen molar-refractivity contribution in [2.24, 2.45) is 0 Å². The molecule has 1 heterocycles. The molecule has 2 aromatic rings. The zero-order valence-corrected chi connectivity index (χ0v) is 17.0. The van der Waals surface area contributed by atoms with Gasteiger partial charge in [0.05, 0.1) is 25.7 Å². The normalized spacial score (nSPS) is 14.8. The summed E-state index contributed by atoms with van der Waals surface area (Å²) in [4.78, 5) is 15.6. The topological polar surface area (TPSA) is 54.0 Å². The SMILES string of the molecule is CCOc1ccc(N2CC(Oc3ccc([C@H](C)NC(=O)N(C)C)cc3)C2)cc1. The first-order valence-electron chi connectivity index (χ1n) is 9.68. The lowest BCUT2D eigenvalue weighted by Crippen LogP contribution is -2.54. The number of anilines is 1. The molecule has 0 spiro atoms. The van der Waals surface area contributed by atoms with Crippen molar-refractivity contribution in [3.05, 3.63) is 54.1 Å². The Labute approximate surface area is 167 Å². The molecule has 150 valence electrons. The maximum Gasteiger partial charge on any atom is 0.317 e. The van der Waals surface area contributed by atoms with E-state index >= 15 is 0 Å². The van der Waals surface area contributed by atoms with Gasteiger partial charge in [0.2, 0.25) is 0 Å². The fourth-order valence-corrected chi connectivity index (χ4v) is 3.07. The zero-order chi connectivity index (χ0) is 20.1. The summed E-state index contributed by atoms with van der Waals surface area (Å²) in [5.41, 5.74) is 2.23. The van der Waals surface area contributed by atoms with Crippen molar-refractivity contribution in [3.63, 3.8) is 0 Å². The molecular weight excluding hydrogens is 354 g/mol. The van der Waals surface area contributed by atoms with Crippen LogP contribution in [-0.4, -0.2) is 50.8 Å². The average Bonchev–Trinajstić information content (AvgIpc) is 2.66. The van der Waals surface area contributed by atoms with E-state index in [9.17, 15) is 4.79 Å². The van der Waals surface area contributed by atoms with Crippen molar-refractivity contribution in [1.29, 1.82) is 0 Å². The maximum absolute atomic E-state index is 11.8. The van der Waals surface area contributed by atoms with Crippen LogP contribution in [0.5, 0.6) is 11.5 Å². The lowest BCUT2D eigenvalue weighted by atomic mass is 10.1. The first kappa shape index (κ1) is 19.9. The van der Waals surface area contributed by atoms with Crippen molar-refractivity contribution < 1.29 is 14.3 Å². The Bertz CT molecular complexity index is 769. The highest BCUT2D eigenvalue weighted by molar-refractivity contribution is 5.74. The number of hydrogen-bond acceptors (Lipinski definition) is 4. The summed E-state index contributed by atoms with van der Waals surface area (Å²) in [6.07, 6.45) is 0.184. The van der Waals surface area contributed by atoms with Crippen LogP contribution in [0.4, 0.5) is 10.5 Å². The highest BCUT2D eigenvalue weighted by atomic mass is 16.5. The Hall–Kier alpha value is -2.89. The van der Waals surface area contributed by atoms with Crippen LogP contribution >= 0.6 is 0 Å². The van der Waals surface area contributed by atoms with Gasteiger partial charge in [0.25, 0.3) is 0 Å². The predicted octanol–water partition coefficient (Wildman–Crippen LogP) is 3.69. The Balaban J connectivity index is 1.47. The molecule has 1 N–H and O–H groups in total. The summed E-state index contributed by atoms with van der Waals surface area (Å²) < 4.78 is 11.5. The highest BCUT2D eigenvalue weighted by Crippen LogP contribution is 2.26. The number of nitrogens with zero attached hydrogens (tertiary/aromatic N) is 2. The number of urea groups is 1. The summed E-state index contributed by atoms with van der Waals surface area (Å²) >= 11 is 0. The Morgan fingerprint density at radius 1 is 1.11 bits per heavy atom. The van der Waals surface area contributed by atoms with Gasteiger partial charge in [-0.25, -0.2) is 4.79 Å². The molecule has 2 aromatic carbocycles. The number of nitrogens with one attached hydrogen (secondary N) is 1. The minimum Gasteiger partial charge on any atom is -0.494 e. The van der Waals surface area contributed by atoms with Gasteiger partial charge >= 0.3 is 6.03 Å². The lowest BCUT2D eigenvalue weighted by Gasteiger charge is -2.40. The number of carbonyl (C=O) groups is 1. The molecule has 2 amide bonds. The van der Waals surface area contributed by atoms with E-state index in [1.807, 2.05) is 50.2 Å². The van der Waals surface area contributed by atoms with Crippen LogP contribution in [0.3, 0.4) is 0 Å². The minimum atomic E-state index is -0.100. The van der Waals surface area contributed by atoms with Crippen LogP contribution in [0.25, 0.3) is 0 Å². The second-order valence-corrected chi connectivity index (χ2v) is 7.21. The van der Waals surface area contributed by atoms with Gasteiger partial charge in [0.1, 0.15) is 17.6 Å². The van der Waals surface area contributed by atoms with Gasteiger partial charge in [-0.05, 0) is 55.8 Å². The van der Waals surface area contributed by atoms with Gasteiger partial charge in [-0.2, -0.15) is 0 Å². The number of benzene rings is 2. The predicted molar refractivity (Wildman–Crippen MR) is 111 cm³/mol. The Morgan fingerprint density at radius 2 is 1.71 bits per heavy atom. The van der Waals surface area contributed by atoms with E-state index < -0.39 is 0 Å². The minimum absolute atomic E-state index is 0.0530. The van der Waals surface area contributed by atoms with Crippen LogP contribution in [0.15, 0.2) is 48.5 Å². The van der Waals surface area contributed by atoms with Crippen LogP contribution in [0, 0.1) is 0 Å². The van der Waals surface area contributed by atoms with E-state index in [1.54, 1.807) is 14.1 Å². The standard InChI is InChI=1S/C22H29N3O3/c1-5-27-19-12-8-18(9-13-19)25-14-21(15-25)28-20-10-6-17(7-11-20)16(2)23-22(26)24(3)4/h6-13,16,21H,5,14-15H2,1-4H3,(H,23,26)/t16-/m0/s1. The van der Waals surface area contributed by atoms with Crippen molar-refractivity contribution in [2.75, 3.05) is 38.7 Å². The van der Waals surface area contributed by atoms with E-state index in [2.05, 4.69) is 22.3 Å². The molecule has 0 aromatic heterocycles. The van der Waals surface area contributed by atoms with Crippen LogP contribution < -0.4 is 19.7 Å². The fourth-order valence-electron chi connectivity index (χ4n) is 3.07. The van der Waals surface area contributed by atoms with Gasteiger partial charge in [0, 0.05) is 19.8 Å². The Kier molecular flexibility index (Phi) is 6.29. The number of carbonyl (C=O) groups excluding carboxylic acids is 1. The van der Waals surface area contributed by atoms with Crippen molar-refractivity contribution in [2.45, 2.75) is 26.0 Å². The third-order valence-corrected chi connectivity index (χ3v) is 4.79. The van der Waals surface area contributed by atoms with Crippen molar-refractivity contribution >= 4 is 11.7 Å². The van der Waals surface area contributed by atoms with Crippen LogP contribution in [-0.2, 0) is 0 Å². The largest absolute Gasteiger partial charge is 0.494 e. The number of ether oxygens (including phenoxy) is 2. The third-order valence-electron chi connectivity index (χ3n) is 4.79. The summed E-state index contributed by atoms with van der Waals surface area (Å²) in [6, 6.07) is 15.9. The molecule has 3 rings (SSSR count).